The van der Waals surface area contributed by atoms with Gasteiger partial charge in [-0.15, -0.1) is 0 Å². The highest BCUT2D eigenvalue weighted by Crippen LogP contribution is 2.45. The maximum atomic E-state index is 2.64. The van der Waals surface area contributed by atoms with Crippen molar-refractivity contribution in [1.29, 1.82) is 0 Å². The molecule has 0 nitrogen and oxygen atoms in total. The van der Waals surface area contributed by atoms with Crippen LogP contribution in [0.5, 0.6) is 0 Å². The van der Waals surface area contributed by atoms with E-state index in [0.29, 0.717) is 0 Å². The summed E-state index contributed by atoms with van der Waals surface area (Å²) in [5, 5.41) is 0. The summed E-state index contributed by atoms with van der Waals surface area (Å²) in [7, 11) is 0.897. The van der Waals surface area contributed by atoms with Crippen LogP contribution in [-0.2, 0) is 0 Å². The molecule has 1 rings (SSSR count). The summed E-state index contributed by atoms with van der Waals surface area (Å²) in [4.78, 5) is 0. The van der Waals surface area contributed by atoms with E-state index in [9.17, 15) is 0 Å². The number of unbranched alkanes of at least 4 members (excludes halogenated alkanes) is 1. The van der Waals surface area contributed by atoms with E-state index in [1.807, 2.05) is 0 Å². The van der Waals surface area contributed by atoms with Gasteiger partial charge in [0.1, 0.15) is 14.4 Å². The van der Waals surface area contributed by atoms with Gasteiger partial charge in [-0.3, -0.25) is 0 Å². The summed E-state index contributed by atoms with van der Waals surface area (Å²) in [6.07, 6.45) is 4.43. The third-order valence-electron chi connectivity index (χ3n) is 3.07. The normalized spacial score (nSPS) is 33.2. The van der Waals surface area contributed by atoms with E-state index in [1.54, 1.807) is 24.6 Å². The highest BCUT2D eigenvalue weighted by atomic mass is 32.5. The van der Waals surface area contributed by atoms with Crippen molar-refractivity contribution in [2.24, 2.45) is 0 Å². The minimum Gasteiger partial charge on any atom is -0.206 e. The zero-order valence-electron chi connectivity index (χ0n) is 9.65. The molecule has 3 heteroatoms. The topological polar surface area (TPSA) is 0 Å². The first-order valence-electron chi connectivity index (χ1n) is 5.68. The zero-order valence-corrected chi connectivity index (χ0v) is 12.5. The summed E-state index contributed by atoms with van der Waals surface area (Å²) in [5.74, 6) is 0. The minimum atomic E-state index is -0.815. The van der Waals surface area contributed by atoms with Crippen LogP contribution < -0.4 is 0 Å². The Balaban J connectivity index is 2.47. The summed E-state index contributed by atoms with van der Waals surface area (Å²) >= 11 is 0. The van der Waals surface area contributed by atoms with Gasteiger partial charge in [0, 0.05) is 0 Å². The van der Waals surface area contributed by atoms with Gasteiger partial charge in [-0.2, -0.15) is 0 Å². The average molecular weight is 233 g/mol. The van der Waals surface area contributed by atoms with Gasteiger partial charge < -0.3 is 0 Å². The smallest absolute Gasteiger partial charge is 0.107 e. The Morgan fingerprint density at radius 2 is 1.85 bits per heavy atom. The largest absolute Gasteiger partial charge is 0.206 e. The molecule has 0 N–H and O–H groups in total. The summed E-state index contributed by atoms with van der Waals surface area (Å²) in [5.41, 5.74) is 0. The first-order chi connectivity index (χ1) is 5.97. The Morgan fingerprint density at radius 3 is 2.38 bits per heavy atom. The van der Waals surface area contributed by atoms with Gasteiger partial charge in [0.05, 0.1) is 0 Å². The van der Waals surface area contributed by atoms with Crippen LogP contribution in [0.2, 0.25) is 37.8 Å². The molecule has 1 atom stereocenters. The number of hydrogen-bond donors (Lipinski definition) is 0. The lowest BCUT2D eigenvalue weighted by Crippen LogP contribution is -2.40. The molecule has 1 aliphatic heterocycles. The van der Waals surface area contributed by atoms with Crippen LogP contribution >= 0.6 is 10.7 Å². The van der Waals surface area contributed by atoms with Crippen LogP contribution in [0, 0.1) is 0 Å². The molecule has 0 radical (unpaired) electrons. The Kier molecular flexibility index (Phi) is 4.14. The van der Waals surface area contributed by atoms with E-state index >= 15 is 0 Å². The molecule has 0 aliphatic carbocycles. The van der Waals surface area contributed by atoms with Crippen molar-refractivity contribution in [1.82, 2.24) is 0 Å². The lowest BCUT2D eigenvalue weighted by atomic mass is 10.4. The number of rotatable bonds is 3. The Hall–Kier alpha value is 0.784. The molecule has 1 heterocycles. The number of hydrogen-bond acceptors (Lipinski definition) is 1. The van der Waals surface area contributed by atoms with Crippen molar-refractivity contribution in [3.63, 3.8) is 0 Å². The lowest BCUT2D eigenvalue weighted by molar-refractivity contribution is 0.863. The van der Waals surface area contributed by atoms with Gasteiger partial charge in [0.15, 0.2) is 0 Å². The monoisotopic (exact) mass is 232 g/mol. The summed E-state index contributed by atoms with van der Waals surface area (Å²) in [6, 6.07) is 4.77. The molecule has 1 unspecified atom stereocenters. The molecule has 1 saturated heterocycles. The first-order valence-corrected chi connectivity index (χ1v) is 14.1. The van der Waals surface area contributed by atoms with Crippen LogP contribution in [-0.4, -0.2) is 14.4 Å². The van der Waals surface area contributed by atoms with E-state index in [4.69, 9.17) is 0 Å². The van der Waals surface area contributed by atoms with Crippen molar-refractivity contribution in [2.45, 2.75) is 64.0 Å². The lowest BCUT2D eigenvalue weighted by Gasteiger charge is -2.40. The fourth-order valence-corrected chi connectivity index (χ4v) is 28.7. The Labute approximate surface area is 89.2 Å². The van der Waals surface area contributed by atoms with Gasteiger partial charge in [-0.1, -0.05) is 45.8 Å². The second kappa shape index (κ2) is 4.54. The molecule has 0 spiro atoms. The highest BCUT2D eigenvalue weighted by Gasteiger charge is 2.39. The molecule has 13 heavy (non-hydrogen) atoms. The van der Waals surface area contributed by atoms with Gasteiger partial charge in [-0.05, 0) is 18.1 Å². The summed E-state index contributed by atoms with van der Waals surface area (Å²) in [6.45, 7) is 10.1. The molecule has 78 valence electrons. The fourth-order valence-electron chi connectivity index (χ4n) is 2.38. The van der Waals surface area contributed by atoms with E-state index in [0.717, 1.165) is 0 Å². The van der Waals surface area contributed by atoms with Gasteiger partial charge in [0.2, 0.25) is 0 Å². The maximum absolute atomic E-state index is 2.64. The van der Waals surface area contributed by atoms with Gasteiger partial charge in [-0.25, -0.2) is 10.7 Å². The van der Waals surface area contributed by atoms with E-state index < -0.39 is 14.4 Å². The van der Waals surface area contributed by atoms with Gasteiger partial charge >= 0.3 is 0 Å². The molecule has 0 aromatic carbocycles. The van der Waals surface area contributed by atoms with Crippen molar-refractivity contribution < 1.29 is 0 Å². The highest BCUT2D eigenvalue weighted by molar-refractivity contribution is 8.50. The molecule has 0 amide bonds. The van der Waals surface area contributed by atoms with Crippen LogP contribution in [0.1, 0.15) is 26.2 Å². The second-order valence-electron chi connectivity index (χ2n) is 5.27. The predicted molar refractivity (Wildman–Crippen MR) is 70.6 cm³/mol. The van der Waals surface area contributed by atoms with Crippen LogP contribution in [0.15, 0.2) is 0 Å². The maximum Gasteiger partial charge on any atom is 0.107 e. The molecule has 0 aromatic rings. The van der Waals surface area contributed by atoms with Crippen molar-refractivity contribution in [2.75, 3.05) is 0 Å². The molecular weight excluding hydrogens is 208 g/mol. The van der Waals surface area contributed by atoms with E-state index in [2.05, 4.69) is 37.2 Å². The van der Waals surface area contributed by atoms with Crippen LogP contribution in [0.25, 0.3) is 0 Å². The van der Waals surface area contributed by atoms with E-state index in [-0.39, 0.29) is 0 Å². The standard InChI is InChI=1S/C10H24SSi2/c1-5-6-9-13(4)10-7-8-12(2,3)11-13/h5-10H2,1-4H3. The predicted octanol–water partition coefficient (Wildman–Crippen LogP) is 4.70. The zero-order chi connectivity index (χ0) is 9.95. The minimum absolute atomic E-state index is 0.797. The average Bonchev–Trinajstić information content (AvgIpc) is 1.98. The fraction of sp³-hybridized carbons (Fsp3) is 1.00. The first kappa shape index (κ1) is 11.9. The quantitative estimate of drug-likeness (QED) is 0.635. The third-order valence-corrected chi connectivity index (χ3v) is 22.9. The van der Waals surface area contributed by atoms with Crippen molar-refractivity contribution in [3.05, 3.63) is 0 Å². The van der Waals surface area contributed by atoms with E-state index in [1.165, 1.54) is 12.8 Å². The molecular formula is C10H24SSi2. The molecule has 0 bridgehead atoms. The second-order valence-corrected chi connectivity index (χ2v) is 22.1. The van der Waals surface area contributed by atoms with Crippen molar-refractivity contribution in [3.8, 4) is 0 Å². The Bertz CT molecular complexity index is 170. The molecule has 0 saturated carbocycles. The van der Waals surface area contributed by atoms with Crippen LogP contribution in [0.4, 0.5) is 0 Å². The summed E-state index contributed by atoms with van der Waals surface area (Å²) < 4.78 is 0. The van der Waals surface area contributed by atoms with Crippen LogP contribution in [0.3, 0.4) is 0 Å². The third kappa shape index (κ3) is 3.80. The molecule has 1 aliphatic rings. The molecule has 0 aromatic heterocycles. The SMILES string of the molecule is CCCC[Si]1(C)CCC[Si](C)(C)S1. The molecule has 1 fully saturated rings. The van der Waals surface area contributed by atoms with Gasteiger partial charge in [0.25, 0.3) is 0 Å². The Morgan fingerprint density at radius 1 is 1.15 bits per heavy atom. The van der Waals surface area contributed by atoms with Crippen molar-refractivity contribution >= 4 is 25.1 Å².